The summed E-state index contributed by atoms with van der Waals surface area (Å²) in [7, 11) is 0. The number of benzene rings is 1. The van der Waals surface area contributed by atoms with E-state index in [2.05, 4.69) is 50.8 Å². The average molecular weight is 320 g/mol. The quantitative estimate of drug-likeness (QED) is 0.419. The predicted molar refractivity (Wildman–Crippen MR) is 93.8 cm³/mol. The van der Waals surface area contributed by atoms with Crippen LogP contribution in [-0.4, -0.2) is 19.4 Å². The number of pyridine rings is 1. The lowest BCUT2D eigenvalue weighted by atomic mass is 10.2. The van der Waals surface area contributed by atoms with Crippen LogP contribution in [0.3, 0.4) is 0 Å². The molecule has 1 aromatic carbocycles. The normalized spacial score (nSPS) is 11.4. The Morgan fingerprint density at radius 2 is 1.83 bits per heavy atom. The fourth-order valence-electron chi connectivity index (χ4n) is 2.64. The molecule has 3 heterocycles. The first-order chi connectivity index (χ1) is 11.2. The zero-order valence-corrected chi connectivity index (χ0v) is 13.8. The molecule has 3 aromatic heterocycles. The summed E-state index contributed by atoms with van der Waals surface area (Å²) in [6, 6.07) is 12.3. The molecule has 0 atom stereocenters. The second-order valence-electron chi connectivity index (χ2n) is 5.59. The Morgan fingerprint density at radius 1 is 0.957 bits per heavy atom. The van der Waals surface area contributed by atoms with Crippen LogP contribution >= 0.6 is 11.8 Å². The third kappa shape index (κ3) is 2.80. The van der Waals surface area contributed by atoms with E-state index in [1.54, 1.807) is 11.8 Å². The first kappa shape index (κ1) is 14.2. The van der Waals surface area contributed by atoms with Gasteiger partial charge in [0.1, 0.15) is 16.5 Å². The van der Waals surface area contributed by atoms with E-state index in [0.29, 0.717) is 0 Å². The van der Waals surface area contributed by atoms with E-state index >= 15 is 0 Å². The minimum atomic E-state index is 0.793. The summed E-state index contributed by atoms with van der Waals surface area (Å²) in [5.41, 5.74) is 4.26. The van der Waals surface area contributed by atoms with Crippen molar-refractivity contribution < 1.29 is 0 Å². The number of para-hydroxylation sites is 1. The van der Waals surface area contributed by atoms with Crippen molar-refractivity contribution in [1.29, 1.82) is 0 Å². The molecule has 0 spiro atoms. The number of fused-ring (bicyclic) bond motifs is 2. The lowest BCUT2D eigenvalue weighted by Crippen LogP contribution is -1.93. The second kappa shape index (κ2) is 5.66. The Balaban J connectivity index is 1.65. The molecule has 4 rings (SSSR count). The molecule has 0 amide bonds. The van der Waals surface area contributed by atoms with Gasteiger partial charge in [0.05, 0.1) is 11.2 Å². The van der Waals surface area contributed by atoms with E-state index in [1.165, 1.54) is 5.56 Å². The van der Waals surface area contributed by atoms with Crippen molar-refractivity contribution >= 4 is 28.3 Å². The number of aryl methyl sites for hydroxylation is 2. The monoisotopic (exact) mass is 320 g/mol. The Bertz CT molecular complexity index is 1010. The van der Waals surface area contributed by atoms with Crippen molar-refractivity contribution in [3.8, 4) is 0 Å². The number of aromatic nitrogens is 4. The number of thioether (sulfide) groups is 1. The van der Waals surface area contributed by atoms with Crippen LogP contribution in [0.15, 0.2) is 53.8 Å². The molecular formula is C18H16N4S. The maximum atomic E-state index is 4.67. The highest BCUT2D eigenvalue weighted by molar-refractivity contribution is 7.98. The standard InChI is InChI=1S/C18H16N4S/c1-12-7-8-17-21-14(10-22(17)9-12)11-23-18-15-5-3-4-6-16(15)19-13(2)20-18/h3-10H,11H2,1-2H3. The summed E-state index contributed by atoms with van der Waals surface area (Å²) in [6.07, 6.45) is 4.19. The smallest absolute Gasteiger partial charge is 0.137 e. The van der Waals surface area contributed by atoms with E-state index < -0.39 is 0 Å². The third-order valence-electron chi connectivity index (χ3n) is 3.69. The van der Waals surface area contributed by atoms with Crippen molar-refractivity contribution in [2.75, 3.05) is 0 Å². The number of rotatable bonds is 3. The van der Waals surface area contributed by atoms with Crippen LogP contribution in [-0.2, 0) is 5.75 Å². The second-order valence-corrected chi connectivity index (χ2v) is 6.55. The van der Waals surface area contributed by atoms with Crippen LogP contribution in [0.1, 0.15) is 17.1 Å². The van der Waals surface area contributed by atoms with Crippen molar-refractivity contribution in [2.45, 2.75) is 24.6 Å². The highest BCUT2D eigenvalue weighted by Gasteiger charge is 2.08. The molecule has 4 nitrogen and oxygen atoms in total. The van der Waals surface area contributed by atoms with Gasteiger partial charge >= 0.3 is 0 Å². The topological polar surface area (TPSA) is 43.1 Å². The molecule has 0 saturated carbocycles. The van der Waals surface area contributed by atoms with Gasteiger partial charge in [0.2, 0.25) is 0 Å². The summed E-state index contributed by atoms with van der Waals surface area (Å²) in [6.45, 7) is 4.02. The number of hydrogen-bond donors (Lipinski definition) is 0. The Labute approximate surface area is 138 Å². The Kier molecular flexibility index (Phi) is 3.50. The van der Waals surface area contributed by atoms with Gasteiger partial charge in [-0.25, -0.2) is 15.0 Å². The van der Waals surface area contributed by atoms with Crippen molar-refractivity contribution in [1.82, 2.24) is 19.4 Å². The van der Waals surface area contributed by atoms with Crippen LogP contribution in [0.25, 0.3) is 16.6 Å². The molecule has 0 fully saturated rings. The zero-order valence-electron chi connectivity index (χ0n) is 13.0. The first-order valence-corrected chi connectivity index (χ1v) is 8.48. The van der Waals surface area contributed by atoms with E-state index in [4.69, 9.17) is 0 Å². The summed E-state index contributed by atoms with van der Waals surface area (Å²) >= 11 is 1.71. The van der Waals surface area contributed by atoms with Gasteiger partial charge in [-0.05, 0) is 31.5 Å². The fourth-order valence-corrected chi connectivity index (χ4v) is 3.58. The Hall–Kier alpha value is -2.40. The van der Waals surface area contributed by atoms with Gasteiger partial charge in [-0.2, -0.15) is 0 Å². The highest BCUT2D eigenvalue weighted by Crippen LogP contribution is 2.27. The van der Waals surface area contributed by atoms with E-state index in [9.17, 15) is 0 Å². The van der Waals surface area contributed by atoms with Crippen LogP contribution in [0, 0.1) is 13.8 Å². The summed E-state index contributed by atoms with van der Waals surface area (Å²) in [5.74, 6) is 1.60. The molecule has 4 aromatic rings. The van der Waals surface area contributed by atoms with Gasteiger partial charge in [-0.15, -0.1) is 0 Å². The van der Waals surface area contributed by atoms with Crippen molar-refractivity contribution in [3.05, 3.63) is 65.9 Å². The predicted octanol–water partition coefficient (Wildman–Crippen LogP) is 4.19. The molecule has 114 valence electrons. The summed E-state index contributed by atoms with van der Waals surface area (Å²) in [5, 5.41) is 2.11. The third-order valence-corrected chi connectivity index (χ3v) is 4.71. The minimum Gasteiger partial charge on any atom is -0.307 e. The molecule has 0 aliphatic heterocycles. The molecule has 0 saturated heterocycles. The molecule has 5 heteroatoms. The highest BCUT2D eigenvalue weighted by atomic mass is 32.2. The fraction of sp³-hybridized carbons (Fsp3) is 0.167. The van der Waals surface area contributed by atoms with Gasteiger partial charge < -0.3 is 4.40 Å². The molecule has 0 bridgehead atoms. The van der Waals surface area contributed by atoms with Crippen LogP contribution < -0.4 is 0 Å². The lowest BCUT2D eigenvalue weighted by Gasteiger charge is -2.05. The molecule has 23 heavy (non-hydrogen) atoms. The van der Waals surface area contributed by atoms with Gasteiger partial charge in [0.25, 0.3) is 0 Å². The van der Waals surface area contributed by atoms with Gasteiger partial charge in [-0.1, -0.05) is 36.0 Å². The number of nitrogens with zero attached hydrogens (tertiary/aromatic N) is 4. The van der Waals surface area contributed by atoms with Crippen molar-refractivity contribution in [3.63, 3.8) is 0 Å². The molecule has 0 unspecified atom stereocenters. The molecule has 0 radical (unpaired) electrons. The van der Waals surface area contributed by atoms with Crippen LogP contribution in [0.5, 0.6) is 0 Å². The van der Waals surface area contributed by atoms with Gasteiger partial charge in [-0.3, -0.25) is 0 Å². The molecule has 0 aliphatic carbocycles. The minimum absolute atomic E-state index is 0.793. The Morgan fingerprint density at radius 3 is 2.74 bits per heavy atom. The molecule has 0 aliphatic rings. The van der Waals surface area contributed by atoms with Gasteiger partial charge in [0, 0.05) is 23.5 Å². The van der Waals surface area contributed by atoms with Crippen molar-refractivity contribution in [2.24, 2.45) is 0 Å². The first-order valence-electron chi connectivity index (χ1n) is 7.49. The van der Waals surface area contributed by atoms with Crippen LogP contribution in [0.4, 0.5) is 0 Å². The SMILES string of the molecule is Cc1ccc2nc(CSc3nc(C)nc4ccccc34)cn2c1. The lowest BCUT2D eigenvalue weighted by molar-refractivity contribution is 1.01. The van der Waals surface area contributed by atoms with Crippen LogP contribution in [0.2, 0.25) is 0 Å². The molecular weight excluding hydrogens is 304 g/mol. The number of imidazole rings is 1. The number of hydrogen-bond acceptors (Lipinski definition) is 4. The maximum absolute atomic E-state index is 4.67. The maximum Gasteiger partial charge on any atom is 0.137 e. The largest absolute Gasteiger partial charge is 0.307 e. The van der Waals surface area contributed by atoms with E-state index in [1.807, 2.05) is 31.2 Å². The van der Waals surface area contributed by atoms with E-state index in [0.717, 1.165) is 38.8 Å². The van der Waals surface area contributed by atoms with E-state index in [-0.39, 0.29) is 0 Å². The summed E-state index contributed by atoms with van der Waals surface area (Å²) < 4.78 is 2.08. The summed E-state index contributed by atoms with van der Waals surface area (Å²) in [4.78, 5) is 13.8. The van der Waals surface area contributed by atoms with Gasteiger partial charge in [0.15, 0.2) is 0 Å². The zero-order chi connectivity index (χ0) is 15.8. The molecule has 0 N–H and O–H groups in total. The average Bonchev–Trinajstić information content (AvgIpc) is 2.94.